The number of hydroxylamine groups is 2. The first kappa shape index (κ1) is 14.1. The number of fused-ring (bicyclic) bond motifs is 1. The zero-order valence-electron chi connectivity index (χ0n) is 12.7. The van der Waals surface area contributed by atoms with Gasteiger partial charge in [-0.3, -0.25) is 0 Å². The molecule has 19 heavy (non-hydrogen) atoms. The Hall–Kier alpha value is -1.30. The third-order valence-corrected chi connectivity index (χ3v) is 3.90. The molecule has 2 heteroatoms. The minimum absolute atomic E-state index is 0.358. The van der Waals surface area contributed by atoms with E-state index in [1.807, 2.05) is 33.8 Å². The lowest BCUT2D eigenvalue weighted by Crippen LogP contribution is -2.42. The van der Waals surface area contributed by atoms with Crippen LogP contribution < -0.4 is 0 Å². The normalized spacial score (nSPS) is 20.0. The molecule has 0 amide bonds. The fourth-order valence-electron chi connectivity index (χ4n) is 2.82. The average Bonchev–Trinajstić information content (AvgIpc) is 2.46. The SMILES string of the molecule is CC(C)C#Cc1ccc2c(c1)C(C)(C)N(O)C2(C)C. The maximum absolute atomic E-state index is 10.4. The number of hydrogen-bond acceptors (Lipinski definition) is 2. The molecule has 1 aromatic carbocycles. The lowest BCUT2D eigenvalue weighted by molar-refractivity contribution is -0.216. The van der Waals surface area contributed by atoms with Crippen molar-refractivity contribution in [1.29, 1.82) is 0 Å². The molecule has 1 N–H and O–H groups in total. The summed E-state index contributed by atoms with van der Waals surface area (Å²) in [6.07, 6.45) is 0. The molecule has 0 spiro atoms. The van der Waals surface area contributed by atoms with Gasteiger partial charge in [0.25, 0.3) is 0 Å². The summed E-state index contributed by atoms with van der Waals surface area (Å²) in [6.45, 7) is 12.3. The molecule has 0 saturated heterocycles. The van der Waals surface area contributed by atoms with Crippen molar-refractivity contribution in [3.05, 3.63) is 34.9 Å². The second-order valence-electron chi connectivity index (χ2n) is 6.61. The van der Waals surface area contributed by atoms with Gasteiger partial charge in [0.1, 0.15) is 0 Å². The Bertz CT molecular complexity index is 558. The van der Waals surface area contributed by atoms with Gasteiger partial charge in [0.05, 0.1) is 11.1 Å². The molecular weight excluding hydrogens is 234 g/mol. The lowest BCUT2D eigenvalue weighted by Gasteiger charge is -2.34. The summed E-state index contributed by atoms with van der Waals surface area (Å²) < 4.78 is 0. The standard InChI is InChI=1S/C17H23NO/c1-12(2)7-8-13-9-10-14-15(11-13)17(5,6)18(19)16(14,3)4/h9-12,19H,1-6H3. The van der Waals surface area contributed by atoms with Gasteiger partial charge in [-0.15, -0.1) is 0 Å². The highest BCUT2D eigenvalue weighted by molar-refractivity contribution is 5.49. The van der Waals surface area contributed by atoms with Crippen molar-refractivity contribution >= 4 is 0 Å². The van der Waals surface area contributed by atoms with E-state index in [1.54, 1.807) is 0 Å². The van der Waals surface area contributed by atoms with Gasteiger partial charge in [0.2, 0.25) is 0 Å². The fraction of sp³-hybridized carbons (Fsp3) is 0.529. The summed E-state index contributed by atoms with van der Waals surface area (Å²) in [4.78, 5) is 0. The van der Waals surface area contributed by atoms with Crippen LogP contribution in [0.3, 0.4) is 0 Å². The van der Waals surface area contributed by atoms with Gasteiger partial charge >= 0.3 is 0 Å². The number of rotatable bonds is 0. The van der Waals surface area contributed by atoms with E-state index in [-0.39, 0.29) is 11.1 Å². The second kappa shape index (κ2) is 4.37. The van der Waals surface area contributed by atoms with Crippen LogP contribution in [0.15, 0.2) is 18.2 Å². The van der Waals surface area contributed by atoms with Crippen LogP contribution >= 0.6 is 0 Å². The van der Waals surface area contributed by atoms with E-state index < -0.39 is 0 Å². The lowest BCUT2D eigenvalue weighted by atomic mass is 9.89. The molecule has 0 saturated carbocycles. The third-order valence-electron chi connectivity index (χ3n) is 3.90. The van der Waals surface area contributed by atoms with Gasteiger partial charge in [0, 0.05) is 11.5 Å². The van der Waals surface area contributed by atoms with Crippen molar-refractivity contribution in [2.45, 2.75) is 52.6 Å². The quantitative estimate of drug-likeness (QED) is 0.713. The summed E-state index contributed by atoms with van der Waals surface area (Å²) in [5.74, 6) is 6.76. The van der Waals surface area contributed by atoms with Crippen molar-refractivity contribution in [2.75, 3.05) is 0 Å². The zero-order chi connectivity index (χ0) is 14.4. The summed E-state index contributed by atoms with van der Waals surface area (Å²) in [6, 6.07) is 6.26. The minimum atomic E-state index is -0.381. The predicted octanol–water partition coefficient (Wildman–Crippen LogP) is 3.87. The largest absolute Gasteiger partial charge is 0.312 e. The van der Waals surface area contributed by atoms with Crippen LogP contribution in [0.5, 0.6) is 0 Å². The molecule has 102 valence electrons. The molecule has 0 aromatic heterocycles. The second-order valence-corrected chi connectivity index (χ2v) is 6.61. The Kier molecular flexibility index (Phi) is 3.24. The molecule has 1 aliphatic heterocycles. The third kappa shape index (κ3) is 2.18. The first-order valence-electron chi connectivity index (χ1n) is 6.83. The molecule has 0 atom stereocenters. The highest BCUT2D eigenvalue weighted by Crippen LogP contribution is 2.48. The Balaban J connectivity index is 2.54. The molecule has 1 aliphatic rings. The number of benzene rings is 1. The highest BCUT2D eigenvalue weighted by atomic mass is 16.5. The maximum Gasteiger partial charge on any atom is 0.0666 e. The molecule has 0 fully saturated rings. The number of nitrogens with zero attached hydrogens (tertiary/aromatic N) is 1. The summed E-state index contributed by atoms with van der Waals surface area (Å²) >= 11 is 0. The van der Waals surface area contributed by atoms with Crippen LogP contribution in [0.1, 0.15) is 58.2 Å². The average molecular weight is 257 g/mol. The molecule has 1 heterocycles. The van der Waals surface area contributed by atoms with Crippen molar-refractivity contribution in [3.63, 3.8) is 0 Å². The zero-order valence-corrected chi connectivity index (χ0v) is 12.7. The maximum atomic E-state index is 10.4. The van der Waals surface area contributed by atoms with Crippen LogP contribution in [-0.2, 0) is 11.1 Å². The topological polar surface area (TPSA) is 23.5 Å². The predicted molar refractivity (Wildman–Crippen MR) is 77.8 cm³/mol. The molecule has 2 rings (SSSR count). The van der Waals surface area contributed by atoms with E-state index in [2.05, 4.69) is 37.8 Å². The van der Waals surface area contributed by atoms with Gasteiger partial charge < -0.3 is 5.21 Å². The van der Waals surface area contributed by atoms with Gasteiger partial charge in [-0.1, -0.05) is 31.8 Å². The van der Waals surface area contributed by atoms with Crippen molar-refractivity contribution in [2.24, 2.45) is 5.92 Å². The Morgan fingerprint density at radius 2 is 1.63 bits per heavy atom. The van der Waals surface area contributed by atoms with E-state index in [0.717, 1.165) is 11.1 Å². The summed E-state index contributed by atoms with van der Waals surface area (Å²) in [5.41, 5.74) is 2.62. The van der Waals surface area contributed by atoms with E-state index in [4.69, 9.17) is 0 Å². The monoisotopic (exact) mass is 257 g/mol. The summed E-state index contributed by atoms with van der Waals surface area (Å²) in [5, 5.41) is 11.9. The molecule has 0 aliphatic carbocycles. The molecule has 0 unspecified atom stereocenters. The summed E-state index contributed by atoms with van der Waals surface area (Å²) in [7, 11) is 0. The molecule has 0 bridgehead atoms. The van der Waals surface area contributed by atoms with Crippen LogP contribution in [-0.4, -0.2) is 10.3 Å². The molecular formula is C17H23NO. The van der Waals surface area contributed by atoms with Gasteiger partial charge in [-0.05, 0) is 51.0 Å². The fourth-order valence-corrected chi connectivity index (χ4v) is 2.82. The Morgan fingerprint density at radius 3 is 2.21 bits per heavy atom. The van der Waals surface area contributed by atoms with Crippen molar-refractivity contribution < 1.29 is 5.21 Å². The highest BCUT2D eigenvalue weighted by Gasteiger charge is 2.48. The first-order chi connectivity index (χ1) is 8.67. The van der Waals surface area contributed by atoms with E-state index >= 15 is 0 Å². The van der Waals surface area contributed by atoms with Gasteiger partial charge in [0.15, 0.2) is 0 Å². The van der Waals surface area contributed by atoms with Crippen LogP contribution in [0.2, 0.25) is 0 Å². The number of hydrogen-bond donors (Lipinski definition) is 1. The Labute approximate surface area is 116 Å². The molecule has 1 aromatic rings. The van der Waals surface area contributed by atoms with Gasteiger partial charge in [-0.2, -0.15) is 5.06 Å². The van der Waals surface area contributed by atoms with Crippen molar-refractivity contribution in [1.82, 2.24) is 5.06 Å². The molecule has 0 radical (unpaired) electrons. The van der Waals surface area contributed by atoms with Gasteiger partial charge in [-0.25, -0.2) is 0 Å². The van der Waals surface area contributed by atoms with Crippen LogP contribution in [0, 0.1) is 17.8 Å². The smallest absolute Gasteiger partial charge is 0.0666 e. The first-order valence-corrected chi connectivity index (χ1v) is 6.83. The minimum Gasteiger partial charge on any atom is -0.312 e. The Morgan fingerprint density at radius 1 is 1.05 bits per heavy atom. The van der Waals surface area contributed by atoms with Crippen LogP contribution in [0.4, 0.5) is 0 Å². The molecule has 2 nitrogen and oxygen atoms in total. The van der Waals surface area contributed by atoms with E-state index in [9.17, 15) is 5.21 Å². The van der Waals surface area contributed by atoms with E-state index in [0.29, 0.717) is 5.92 Å². The van der Waals surface area contributed by atoms with Crippen molar-refractivity contribution in [3.8, 4) is 11.8 Å². The van der Waals surface area contributed by atoms with Crippen LogP contribution in [0.25, 0.3) is 0 Å². The van der Waals surface area contributed by atoms with E-state index in [1.165, 1.54) is 10.6 Å².